The fourth-order valence-electron chi connectivity index (χ4n) is 1.98. The lowest BCUT2D eigenvalue weighted by Crippen LogP contribution is -2.26. The van der Waals surface area contributed by atoms with E-state index < -0.39 is 23.1 Å². The summed E-state index contributed by atoms with van der Waals surface area (Å²) in [5.41, 5.74) is 6.03. The van der Waals surface area contributed by atoms with Crippen LogP contribution in [0.4, 0.5) is 14.5 Å². The molecule has 21 heavy (non-hydrogen) atoms. The summed E-state index contributed by atoms with van der Waals surface area (Å²) in [4.78, 5) is 16.1. The molecule has 4 nitrogen and oxygen atoms in total. The number of nitrogen functional groups attached to an aromatic ring is 1. The SMILES string of the molecule is CCc1cccnc1CNC(=O)c1c(F)ccc(N)c1F. The molecule has 1 heterocycles. The standard InChI is InChI=1S/C15H15F2N3O/c1-2-9-4-3-7-19-12(9)8-20-15(21)13-10(16)5-6-11(18)14(13)17/h3-7H,2,8,18H2,1H3,(H,20,21). The Hall–Kier alpha value is -2.50. The summed E-state index contributed by atoms with van der Waals surface area (Å²) in [6.45, 7) is 2.05. The number of hydrogen-bond donors (Lipinski definition) is 2. The van der Waals surface area contributed by atoms with Gasteiger partial charge in [-0.1, -0.05) is 13.0 Å². The van der Waals surface area contributed by atoms with Crippen LogP contribution in [0, 0.1) is 11.6 Å². The Morgan fingerprint density at radius 2 is 2.10 bits per heavy atom. The molecule has 0 spiro atoms. The average Bonchev–Trinajstić information content (AvgIpc) is 2.49. The van der Waals surface area contributed by atoms with Gasteiger partial charge >= 0.3 is 0 Å². The number of carbonyl (C=O) groups is 1. The van der Waals surface area contributed by atoms with Crippen molar-refractivity contribution in [3.05, 3.63) is 58.9 Å². The fraction of sp³-hybridized carbons (Fsp3) is 0.200. The first-order chi connectivity index (χ1) is 10.0. The highest BCUT2D eigenvalue weighted by atomic mass is 19.1. The van der Waals surface area contributed by atoms with Crippen molar-refractivity contribution in [1.82, 2.24) is 10.3 Å². The van der Waals surface area contributed by atoms with Crippen molar-refractivity contribution in [2.75, 3.05) is 5.73 Å². The van der Waals surface area contributed by atoms with E-state index in [4.69, 9.17) is 5.73 Å². The quantitative estimate of drug-likeness (QED) is 0.850. The number of pyridine rings is 1. The van der Waals surface area contributed by atoms with Gasteiger partial charge in [-0.25, -0.2) is 8.78 Å². The second kappa shape index (κ2) is 6.30. The third-order valence-corrected chi connectivity index (χ3v) is 3.13. The number of carbonyl (C=O) groups excluding carboxylic acids is 1. The van der Waals surface area contributed by atoms with E-state index in [-0.39, 0.29) is 12.2 Å². The molecule has 0 saturated carbocycles. The molecule has 1 aromatic carbocycles. The minimum atomic E-state index is -1.05. The Balaban J connectivity index is 2.18. The summed E-state index contributed by atoms with van der Waals surface area (Å²) in [7, 11) is 0. The largest absolute Gasteiger partial charge is 0.396 e. The van der Waals surface area contributed by atoms with Gasteiger partial charge < -0.3 is 11.1 Å². The van der Waals surface area contributed by atoms with Crippen LogP contribution in [0.15, 0.2) is 30.5 Å². The van der Waals surface area contributed by atoms with Crippen molar-refractivity contribution in [2.24, 2.45) is 0 Å². The molecular weight excluding hydrogens is 276 g/mol. The molecule has 0 unspecified atom stereocenters. The van der Waals surface area contributed by atoms with E-state index in [9.17, 15) is 13.6 Å². The van der Waals surface area contributed by atoms with E-state index in [0.717, 1.165) is 24.1 Å². The van der Waals surface area contributed by atoms with Crippen LogP contribution in [0.3, 0.4) is 0 Å². The number of aryl methyl sites for hydroxylation is 1. The first-order valence-corrected chi connectivity index (χ1v) is 6.49. The fourth-order valence-corrected chi connectivity index (χ4v) is 1.98. The van der Waals surface area contributed by atoms with Gasteiger partial charge in [0.05, 0.1) is 17.9 Å². The zero-order valence-electron chi connectivity index (χ0n) is 11.5. The van der Waals surface area contributed by atoms with E-state index in [1.165, 1.54) is 0 Å². The molecule has 3 N–H and O–H groups in total. The van der Waals surface area contributed by atoms with Crippen molar-refractivity contribution in [3.63, 3.8) is 0 Å². The van der Waals surface area contributed by atoms with Gasteiger partial charge in [0.25, 0.3) is 5.91 Å². The number of aromatic nitrogens is 1. The van der Waals surface area contributed by atoms with Gasteiger partial charge in [0, 0.05) is 6.20 Å². The van der Waals surface area contributed by atoms with Crippen LogP contribution in [0.2, 0.25) is 0 Å². The van der Waals surface area contributed by atoms with Crippen LogP contribution in [-0.2, 0) is 13.0 Å². The highest BCUT2D eigenvalue weighted by molar-refractivity contribution is 5.95. The van der Waals surface area contributed by atoms with E-state index in [2.05, 4.69) is 10.3 Å². The summed E-state index contributed by atoms with van der Waals surface area (Å²) >= 11 is 0. The second-order valence-electron chi connectivity index (χ2n) is 4.47. The molecule has 1 amide bonds. The number of amides is 1. The lowest BCUT2D eigenvalue weighted by molar-refractivity contribution is 0.0942. The number of anilines is 1. The molecule has 0 fully saturated rings. The van der Waals surface area contributed by atoms with Crippen molar-refractivity contribution in [3.8, 4) is 0 Å². The molecule has 1 aromatic heterocycles. The Morgan fingerprint density at radius 1 is 1.33 bits per heavy atom. The van der Waals surface area contributed by atoms with Gasteiger partial charge in [0.1, 0.15) is 11.4 Å². The monoisotopic (exact) mass is 291 g/mol. The van der Waals surface area contributed by atoms with Crippen LogP contribution in [0.25, 0.3) is 0 Å². The van der Waals surface area contributed by atoms with Crippen molar-refractivity contribution < 1.29 is 13.6 Å². The zero-order chi connectivity index (χ0) is 15.4. The van der Waals surface area contributed by atoms with Crippen LogP contribution >= 0.6 is 0 Å². The number of nitrogens with two attached hydrogens (primary N) is 1. The maximum Gasteiger partial charge on any atom is 0.257 e. The van der Waals surface area contributed by atoms with Gasteiger partial charge in [-0.05, 0) is 30.2 Å². The summed E-state index contributed by atoms with van der Waals surface area (Å²) in [5.74, 6) is -2.86. The summed E-state index contributed by atoms with van der Waals surface area (Å²) in [6, 6.07) is 5.72. The van der Waals surface area contributed by atoms with Crippen molar-refractivity contribution in [1.29, 1.82) is 0 Å². The molecule has 2 aromatic rings. The van der Waals surface area contributed by atoms with Gasteiger partial charge in [-0.3, -0.25) is 9.78 Å². The molecule has 2 rings (SSSR count). The van der Waals surface area contributed by atoms with Gasteiger partial charge in [-0.15, -0.1) is 0 Å². The van der Waals surface area contributed by atoms with Crippen LogP contribution in [-0.4, -0.2) is 10.9 Å². The molecule has 0 saturated heterocycles. The molecule has 0 atom stereocenters. The van der Waals surface area contributed by atoms with Gasteiger partial charge in [0.2, 0.25) is 0 Å². The topological polar surface area (TPSA) is 68.0 Å². The van der Waals surface area contributed by atoms with Crippen molar-refractivity contribution in [2.45, 2.75) is 19.9 Å². The van der Waals surface area contributed by atoms with Crippen molar-refractivity contribution >= 4 is 11.6 Å². The predicted octanol–water partition coefficient (Wildman–Crippen LogP) is 2.43. The lowest BCUT2D eigenvalue weighted by Gasteiger charge is -2.10. The Bertz CT molecular complexity index is 674. The number of nitrogens with one attached hydrogen (secondary N) is 1. The molecule has 0 radical (unpaired) electrons. The first-order valence-electron chi connectivity index (χ1n) is 6.49. The van der Waals surface area contributed by atoms with E-state index in [1.807, 2.05) is 13.0 Å². The summed E-state index contributed by atoms with van der Waals surface area (Å²) < 4.78 is 27.3. The smallest absolute Gasteiger partial charge is 0.257 e. The first kappa shape index (κ1) is 14.9. The minimum absolute atomic E-state index is 0.0938. The molecule has 110 valence electrons. The average molecular weight is 291 g/mol. The number of hydrogen-bond acceptors (Lipinski definition) is 3. The van der Waals surface area contributed by atoms with E-state index in [0.29, 0.717) is 5.69 Å². The Labute approximate surface area is 121 Å². The number of rotatable bonds is 4. The highest BCUT2D eigenvalue weighted by Gasteiger charge is 2.19. The number of nitrogens with zero attached hydrogens (tertiary/aromatic N) is 1. The lowest BCUT2D eigenvalue weighted by atomic mass is 10.1. The summed E-state index contributed by atoms with van der Waals surface area (Å²) in [6.07, 6.45) is 2.35. The van der Waals surface area contributed by atoms with E-state index >= 15 is 0 Å². The van der Waals surface area contributed by atoms with Crippen LogP contribution < -0.4 is 11.1 Å². The normalized spacial score (nSPS) is 10.4. The van der Waals surface area contributed by atoms with Gasteiger partial charge in [0.15, 0.2) is 5.82 Å². The molecular formula is C15H15F2N3O. The zero-order valence-corrected chi connectivity index (χ0v) is 11.5. The molecule has 0 aliphatic rings. The molecule has 0 aliphatic carbocycles. The van der Waals surface area contributed by atoms with E-state index in [1.54, 1.807) is 12.3 Å². The van der Waals surface area contributed by atoms with Crippen LogP contribution in [0.5, 0.6) is 0 Å². The summed E-state index contributed by atoms with van der Waals surface area (Å²) in [5, 5.41) is 2.46. The molecule has 6 heteroatoms. The number of halogens is 2. The predicted molar refractivity (Wildman–Crippen MR) is 75.6 cm³/mol. The Morgan fingerprint density at radius 3 is 2.81 bits per heavy atom. The molecule has 0 bridgehead atoms. The second-order valence-corrected chi connectivity index (χ2v) is 4.47. The maximum atomic E-state index is 13.7. The van der Waals surface area contributed by atoms with Crippen LogP contribution in [0.1, 0.15) is 28.5 Å². The molecule has 0 aliphatic heterocycles. The maximum absolute atomic E-state index is 13.7. The minimum Gasteiger partial charge on any atom is -0.396 e. The highest BCUT2D eigenvalue weighted by Crippen LogP contribution is 2.18. The number of benzene rings is 1. The third-order valence-electron chi connectivity index (χ3n) is 3.13. The Kier molecular flexibility index (Phi) is 4.47. The third kappa shape index (κ3) is 3.16. The van der Waals surface area contributed by atoms with Gasteiger partial charge in [-0.2, -0.15) is 0 Å².